The van der Waals surface area contributed by atoms with Gasteiger partial charge in [-0.05, 0) is 57.6 Å². The van der Waals surface area contributed by atoms with Crippen LogP contribution in [-0.4, -0.2) is 69.6 Å². The van der Waals surface area contributed by atoms with E-state index >= 15 is 0 Å². The lowest BCUT2D eigenvalue weighted by Crippen LogP contribution is -2.47. The van der Waals surface area contributed by atoms with Gasteiger partial charge in [0.2, 0.25) is 0 Å². The Hall–Kier alpha value is -1.53. The highest BCUT2D eigenvalue weighted by molar-refractivity contribution is 5.79. The van der Waals surface area contributed by atoms with Crippen molar-refractivity contribution in [1.82, 2.24) is 20.4 Å². The second-order valence-electron chi connectivity index (χ2n) is 7.98. The maximum atomic E-state index is 5.68. The lowest BCUT2D eigenvalue weighted by Gasteiger charge is -2.30. The first-order chi connectivity index (χ1) is 11.9. The summed E-state index contributed by atoms with van der Waals surface area (Å²) in [5.74, 6) is 1.88. The maximum Gasteiger partial charge on any atom is 0.191 e. The Balaban J connectivity index is 1.89. The van der Waals surface area contributed by atoms with Crippen molar-refractivity contribution < 1.29 is 4.42 Å². The number of likely N-dealkylation sites (tertiary alicyclic amines) is 1. The summed E-state index contributed by atoms with van der Waals surface area (Å²) in [7, 11) is 6.05. The minimum Gasteiger partial charge on any atom is -0.468 e. The average Bonchev–Trinajstić information content (AvgIpc) is 3.23. The third kappa shape index (κ3) is 6.36. The zero-order valence-electron chi connectivity index (χ0n) is 16.5. The molecule has 0 bridgehead atoms. The highest BCUT2D eigenvalue weighted by Crippen LogP contribution is 2.24. The molecule has 2 rings (SSSR count). The van der Waals surface area contributed by atoms with Gasteiger partial charge in [0, 0.05) is 26.7 Å². The predicted octanol–water partition coefficient (Wildman–Crippen LogP) is 2.17. The van der Waals surface area contributed by atoms with Crippen molar-refractivity contribution in [2.75, 3.05) is 53.9 Å². The van der Waals surface area contributed by atoms with Crippen LogP contribution in [0.25, 0.3) is 0 Å². The Bertz CT molecular complexity index is 518. The molecule has 0 radical (unpaired) electrons. The fourth-order valence-corrected chi connectivity index (χ4v) is 3.59. The number of aliphatic imine (C=N–C) groups is 1. The second kappa shape index (κ2) is 9.25. The van der Waals surface area contributed by atoms with Gasteiger partial charge < -0.3 is 20.0 Å². The summed E-state index contributed by atoms with van der Waals surface area (Å²) in [6.07, 6.45) is 4.29. The molecule has 2 N–H and O–H groups in total. The van der Waals surface area contributed by atoms with Crippen molar-refractivity contribution in [2.45, 2.75) is 32.7 Å². The van der Waals surface area contributed by atoms with Crippen LogP contribution in [0.3, 0.4) is 0 Å². The summed E-state index contributed by atoms with van der Waals surface area (Å²) in [6.45, 7) is 9.50. The topological polar surface area (TPSA) is 56.0 Å². The van der Waals surface area contributed by atoms with E-state index in [2.05, 4.69) is 59.4 Å². The van der Waals surface area contributed by atoms with Crippen molar-refractivity contribution in [3.8, 4) is 0 Å². The SMILES string of the molecule is CN=C(NCC(c1ccco1)N1CCCC1)NCC(C)(C)CN(C)C. The molecule has 6 nitrogen and oxygen atoms in total. The molecule has 1 aliphatic rings. The van der Waals surface area contributed by atoms with E-state index in [9.17, 15) is 0 Å². The molecule has 1 unspecified atom stereocenters. The van der Waals surface area contributed by atoms with E-state index < -0.39 is 0 Å². The van der Waals surface area contributed by atoms with Gasteiger partial charge in [-0.25, -0.2) is 0 Å². The van der Waals surface area contributed by atoms with Crippen molar-refractivity contribution in [2.24, 2.45) is 10.4 Å². The highest BCUT2D eigenvalue weighted by atomic mass is 16.3. The van der Waals surface area contributed by atoms with Crippen LogP contribution >= 0.6 is 0 Å². The first kappa shape index (κ1) is 19.8. The Morgan fingerprint density at radius 3 is 2.60 bits per heavy atom. The number of hydrogen-bond acceptors (Lipinski definition) is 4. The fraction of sp³-hybridized carbons (Fsp3) is 0.737. The van der Waals surface area contributed by atoms with Gasteiger partial charge in [0.25, 0.3) is 0 Å². The summed E-state index contributed by atoms with van der Waals surface area (Å²) < 4.78 is 5.68. The molecule has 1 aliphatic heterocycles. The molecule has 1 fully saturated rings. The van der Waals surface area contributed by atoms with Crippen molar-refractivity contribution >= 4 is 5.96 Å². The fourth-order valence-electron chi connectivity index (χ4n) is 3.59. The van der Waals surface area contributed by atoms with Crippen LogP contribution in [0.2, 0.25) is 0 Å². The molecule has 2 heterocycles. The van der Waals surface area contributed by atoms with Crippen LogP contribution in [-0.2, 0) is 0 Å². The molecular formula is C19H35N5O. The quantitative estimate of drug-likeness (QED) is 0.556. The molecule has 0 spiro atoms. The van der Waals surface area contributed by atoms with Crippen molar-refractivity contribution in [3.05, 3.63) is 24.2 Å². The molecule has 0 amide bonds. The van der Waals surface area contributed by atoms with Gasteiger partial charge in [-0.2, -0.15) is 0 Å². The van der Waals surface area contributed by atoms with Gasteiger partial charge in [-0.3, -0.25) is 9.89 Å². The summed E-state index contributed by atoms with van der Waals surface area (Å²) in [4.78, 5) is 9.10. The molecule has 0 saturated carbocycles. The third-order valence-corrected chi connectivity index (χ3v) is 4.62. The zero-order chi connectivity index (χ0) is 18.3. The number of guanidine groups is 1. The van der Waals surface area contributed by atoms with E-state index in [0.717, 1.165) is 44.4 Å². The monoisotopic (exact) mass is 349 g/mol. The summed E-state index contributed by atoms with van der Waals surface area (Å²) in [6, 6.07) is 4.29. The Kier molecular flexibility index (Phi) is 7.32. The van der Waals surface area contributed by atoms with E-state index in [4.69, 9.17) is 4.42 Å². The molecule has 1 aromatic rings. The molecule has 0 aromatic carbocycles. The number of nitrogens with zero attached hydrogens (tertiary/aromatic N) is 3. The molecule has 1 atom stereocenters. The average molecular weight is 350 g/mol. The first-order valence-corrected chi connectivity index (χ1v) is 9.28. The van der Waals surface area contributed by atoms with Gasteiger partial charge in [-0.1, -0.05) is 13.8 Å². The van der Waals surface area contributed by atoms with Crippen LogP contribution in [0.1, 0.15) is 38.5 Å². The van der Waals surface area contributed by atoms with E-state index in [1.54, 1.807) is 6.26 Å². The van der Waals surface area contributed by atoms with Crippen LogP contribution in [0.15, 0.2) is 27.8 Å². The van der Waals surface area contributed by atoms with Crippen LogP contribution in [0.4, 0.5) is 0 Å². The van der Waals surface area contributed by atoms with E-state index in [1.165, 1.54) is 12.8 Å². The summed E-state index contributed by atoms with van der Waals surface area (Å²) >= 11 is 0. The van der Waals surface area contributed by atoms with Gasteiger partial charge >= 0.3 is 0 Å². The summed E-state index contributed by atoms with van der Waals surface area (Å²) in [5, 5.41) is 6.95. The van der Waals surface area contributed by atoms with Gasteiger partial charge in [0.15, 0.2) is 5.96 Å². The van der Waals surface area contributed by atoms with Gasteiger partial charge in [0.05, 0.1) is 12.3 Å². The van der Waals surface area contributed by atoms with Crippen LogP contribution in [0, 0.1) is 5.41 Å². The second-order valence-corrected chi connectivity index (χ2v) is 7.98. The van der Waals surface area contributed by atoms with E-state index in [0.29, 0.717) is 0 Å². The first-order valence-electron chi connectivity index (χ1n) is 9.28. The summed E-state index contributed by atoms with van der Waals surface area (Å²) in [5.41, 5.74) is 0.177. The lowest BCUT2D eigenvalue weighted by atomic mass is 9.93. The third-order valence-electron chi connectivity index (χ3n) is 4.62. The number of rotatable bonds is 8. The molecule has 0 aliphatic carbocycles. The smallest absolute Gasteiger partial charge is 0.191 e. The van der Waals surface area contributed by atoms with E-state index in [-0.39, 0.29) is 11.5 Å². The van der Waals surface area contributed by atoms with E-state index in [1.807, 2.05) is 13.1 Å². The molecule has 25 heavy (non-hydrogen) atoms. The number of nitrogens with one attached hydrogen (secondary N) is 2. The molecule has 6 heteroatoms. The van der Waals surface area contributed by atoms with Crippen molar-refractivity contribution in [3.63, 3.8) is 0 Å². The highest BCUT2D eigenvalue weighted by Gasteiger charge is 2.26. The molecule has 142 valence electrons. The lowest BCUT2D eigenvalue weighted by molar-refractivity contribution is 0.214. The molecular weight excluding hydrogens is 314 g/mol. The van der Waals surface area contributed by atoms with Gasteiger partial charge in [-0.15, -0.1) is 0 Å². The van der Waals surface area contributed by atoms with Crippen molar-refractivity contribution in [1.29, 1.82) is 0 Å². The Labute approximate surface area is 152 Å². The predicted molar refractivity (Wildman–Crippen MR) is 104 cm³/mol. The molecule has 1 aromatic heterocycles. The maximum absolute atomic E-state index is 5.68. The largest absolute Gasteiger partial charge is 0.468 e. The number of furan rings is 1. The van der Waals surface area contributed by atoms with Crippen LogP contribution in [0.5, 0.6) is 0 Å². The number of hydrogen-bond donors (Lipinski definition) is 2. The molecule has 1 saturated heterocycles. The minimum absolute atomic E-state index is 0.177. The zero-order valence-corrected chi connectivity index (χ0v) is 16.5. The van der Waals surface area contributed by atoms with Crippen LogP contribution < -0.4 is 10.6 Å². The Morgan fingerprint density at radius 1 is 1.32 bits per heavy atom. The standard InChI is InChI=1S/C19H35N5O/c1-19(2,15-23(4)5)14-22-18(20-3)21-13-16(17-9-8-12-25-17)24-10-6-7-11-24/h8-9,12,16H,6-7,10-11,13-15H2,1-5H3,(H2,20,21,22). The normalized spacial score (nSPS) is 17.9. The Morgan fingerprint density at radius 2 is 2.04 bits per heavy atom. The minimum atomic E-state index is 0.177. The van der Waals surface area contributed by atoms with Gasteiger partial charge in [0.1, 0.15) is 5.76 Å².